The summed E-state index contributed by atoms with van der Waals surface area (Å²) < 4.78 is 42.4. The summed E-state index contributed by atoms with van der Waals surface area (Å²) in [5.41, 5.74) is 0.557. The summed E-state index contributed by atoms with van der Waals surface area (Å²) in [7, 11) is 0. The topological polar surface area (TPSA) is 71.5 Å². The van der Waals surface area contributed by atoms with Gasteiger partial charge in [0.1, 0.15) is 11.8 Å². The third-order valence-corrected chi connectivity index (χ3v) is 6.72. The zero-order valence-electron chi connectivity index (χ0n) is 16.9. The van der Waals surface area contributed by atoms with Gasteiger partial charge in [0.25, 0.3) is 0 Å². The van der Waals surface area contributed by atoms with Gasteiger partial charge in [0.2, 0.25) is 11.8 Å². The number of likely N-dealkylation sites (tertiary alicyclic amines) is 1. The van der Waals surface area contributed by atoms with Gasteiger partial charge in [0.05, 0.1) is 10.2 Å². The van der Waals surface area contributed by atoms with E-state index < -0.39 is 18.8 Å². The monoisotopic (exact) mass is 455 g/mol. The van der Waals surface area contributed by atoms with E-state index in [9.17, 15) is 22.8 Å². The van der Waals surface area contributed by atoms with Gasteiger partial charge in [0.15, 0.2) is 11.7 Å². The second-order valence-corrected chi connectivity index (χ2v) is 9.10. The van der Waals surface area contributed by atoms with Crippen molar-refractivity contribution >= 4 is 38.5 Å². The number of aromatic nitrogens is 1. The molecule has 2 aliphatic rings. The first-order valence-corrected chi connectivity index (χ1v) is 11.3. The first kappa shape index (κ1) is 21.9. The van der Waals surface area contributed by atoms with Crippen LogP contribution in [0.2, 0.25) is 0 Å². The lowest BCUT2D eigenvalue weighted by atomic mass is 9.88. The zero-order chi connectivity index (χ0) is 22.0. The molecule has 2 heterocycles. The van der Waals surface area contributed by atoms with Crippen molar-refractivity contribution in [2.45, 2.75) is 57.2 Å². The van der Waals surface area contributed by atoms with Crippen molar-refractivity contribution in [3.8, 4) is 5.75 Å². The van der Waals surface area contributed by atoms with E-state index in [1.54, 1.807) is 11.0 Å². The number of hydrogen-bond acceptors (Lipinski definition) is 5. The number of anilines is 1. The molecule has 0 bridgehead atoms. The minimum atomic E-state index is -4.41. The summed E-state index contributed by atoms with van der Waals surface area (Å²) >= 11 is 1.16. The third kappa shape index (κ3) is 5.28. The van der Waals surface area contributed by atoms with Crippen LogP contribution in [0.25, 0.3) is 10.2 Å². The fourth-order valence-electron chi connectivity index (χ4n) is 4.29. The number of alkyl halides is 3. The molecule has 10 heteroatoms. The van der Waals surface area contributed by atoms with E-state index in [4.69, 9.17) is 4.74 Å². The van der Waals surface area contributed by atoms with Crippen LogP contribution in [-0.2, 0) is 9.59 Å². The highest BCUT2D eigenvalue weighted by Gasteiger charge is 2.37. The normalized spacial score (nSPS) is 20.2. The number of nitrogens with zero attached hydrogens (tertiary/aromatic N) is 2. The molecule has 0 spiro atoms. The van der Waals surface area contributed by atoms with Crippen molar-refractivity contribution in [2.75, 3.05) is 18.5 Å². The molecule has 1 aromatic heterocycles. The van der Waals surface area contributed by atoms with Gasteiger partial charge in [-0.1, -0.05) is 30.6 Å². The molecule has 1 saturated heterocycles. The molecule has 0 radical (unpaired) electrons. The molecule has 1 unspecified atom stereocenters. The molecule has 1 aromatic carbocycles. The SMILES string of the molecule is O=C(Nc1nc2ccc(OCC(F)(F)F)cc2s1)C1CCCN1C(=O)C1CCCCC1. The summed E-state index contributed by atoms with van der Waals surface area (Å²) in [6, 6.07) is 3.94. The molecule has 2 amide bonds. The van der Waals surface area contributed by atoms with Gasteiger partial charge in [0, 0.05) is 12.5 Å². The molecule has 1 aliphatic heterocycles. The van der Waals surface area contributed by atoms with Crippen molar-refractivity contribution in [2.24, 2.45) is 5.92 Å². The van der Waals surface area contributed by atoms with Gasteiger partial charge in [-0.2, -0.15) is 13.2 Å². The Bertz CT molecular complexity index is 956. The number of hydrogen-bond donors (Lipinski definition) is 1. The van der Waals surface area contributed by atoms with Crippen molar-refractivity contribution in [3.63, 3.8) is 0 Å². The highest BCUT2D eigenvalue weighted by Crippen LogP contribution is 2.32. The van der Waals surface area contributed by atoms with Crippen LogP contribution in [0.3, 0.4) is 0 Å². The number of thiazole rings is 1. The number of carbonyl (C=O) groups is 2. The summed E-state index contributed by atoms with van der Waals surface area (Å²) in [6.07, 6.45) is 2.04. The molecule has 6 nitrogen and oxygen atoms in total. The minimum Gasteiger partial charge on any atom is -0.484 e. The molecule has 31 heavy (non-hydrogen) atoms. The van der Waals surface area contributed by atoms with Crippen LogP contribution in [0.5, 0.6) is 5.75 Å². The molecule has 168 valence electrons. The first-order chi connectivity index (χ1) is 14.8. The van der Waals surface area contributed by atoms with Crippen LogP contribution < -0.4 is 10.1 Å². The molecule has 2 aromatic rings. The summed E-state index contributed by atoms with van der Waals surface area (Å²) in [6.45, 7) is -0.777. The van der Waals surface area contributed by atoms with E-state index in [0.717, 1.165) is 49.9 Å². The molecule has 1 aliphatic carbocycles. The average Bonchev–Trinajstić information content (AvgIpc) is 3.38. The van der Waals surface area contributed by atoms with Crippen LogP contribution in [0.15, 0.2) is 18.2 Å². The van der Waals surface area contributed by atoms with E-state index in [1.165, 1.54) is 12.1 Å². The predicted molar refractivity (Wildman–Crippen MR) is 111 cm³/mol. The highest BCUT2D eigenvalue weighted by molar-refractivity contribution is 7.22. The fraction of sp³-hybridized carbons (Fsp3) is 0.571. The van der Waals surface area contributed by atoms with E-state index in [1.807, 2.05) is 0 Å². The maximum Gasteiger partial charge on any atom is 0.422 e. The number of rotatable bonds is 5. The van der Waals surface area contributed by atoms with Crippen molar-refractivity contribution in [1.29, 1.82) is 0 Å². The lowest BCUT2D eigenvalue weighted by Crippen LogP contribution is -2.46. The van der Waals surface area contributed by atoms with Crippen LogP contribution >= 0.6 is 11.3 Å². The average molecular weight is 456 g/mol. The maximum absolute atomic E-state index is 12.9. The Labute approximate surface area is 181 Å². The number of amides is 2. The maximum atomic E-state index is 12.9. The molecular formula is C21H24F3N3O3S. The number of nitrogens with one attached hydrogen (secondary N) is 1. The van der Waals surface area contributed by atoms with Crippen LogP contribution in [0.1, 0.15) is 44.9 Å². The van der Waals surface area contributed by atoms with Crippen molar-refractivity contribution in [1.82, 2.24) is 9.88 Å². The van der Waals surface area contributed by atoms with Crippen LogP contribution in [0, 0.1) is 5.92 Å². The fourth-order valence-corrected chi connectivity index (χ4v) is 5.19. The van der Waals surface area contributed by atoms with E-state index >= 15 is 0 Å². The van der Waals surface area contributed by atoms with Crippen LogP contribution in [-0.4, -0.2) is 47.1 Å². The summed E-state index contributed by atoms with van der Waals surface area (Å²) in [4.78, 5) is 31.8. The van der Waals surface area contributed by atoms with E-state index in [-0.39, 0.29) is 23.5 Å². The number of halogens is 3. The van der Waals surface area contributed by atoms with Crippen LogP contribution in [0.4, 0.5) is 18.3 Å². The number of fused-ring (bicyclic) bond motifs is 1. The first-order valence-electron chi connectivity index (χ1n) is 10.5. The highest BCUT2D eigenvalue weighted by atomic mass is 32.1. The molecule has 2 fully saturated rings. The number of ether oxygens (including phenoxy) is 1. The van der Waals surface area contributed by atoms with Gasteiger partial charge in [-0.25, -0.2) is 4.98 Å². The van der Waals surface area contributed by atoms with Gasteiger partial charge < -0.3 is 15.0 Å². The lowest BCUT2D eigenvalue weighted by molar-refractivity contribution is -0.153. The molecule has 1 N–H and O–H groups in total. The Hall–Kier alpha value is -2.36. The largest absolute Gasteiger partial charge is 0.484 e. The quantitative estimate of drug-likeness (QED) is 0.707. The smallest absolute Gasteiger partial charge is 0.422 e. The van der Waals surface area contributed by atoms with E-state index in [2.05, 4.69) is 10.3 Å². The third-order valence-electron chi connectivity index (χ3n) is 5.79. The number of benzene rings is 1. The van der Waals surface area contributed by atoms with E-state index in [0.29, 0.717) is 28.3 Å². The molecular weight excluding hydrogens is 431 g/mol. The Morgan fingerprint density at radius 1 is 1.16 bits per heavy atom. The second-order valence-electron chi connectivity index (χ2n) is 8.07. The molecule has 1 saturated carbocycles. The second kappa shape index (κ2) is 9.02. The standard InChI is InChI=1S/C21H24F3N3O3S/c22-21(23,24)12-30-14-8-9-15-17(11-14)31-20(25-15)26-18(28)16-7-4-10-27(16)19(29)13-5-2-1-3-6-13/h8-9,11,13,16H,1-7,10,12H2,(H,25,26,28). The van der Waals surface area contributed by atoms with Gasteiger partial charge in [-0.15, -0.1) is 0 Å². The Balaban J connectivity index is 1.41. The Kier molecular flexibility index (Phi) is 6.36. The Morgan fingerprint density at radius 2 is 1.94 bits per heavy atom. The van der Waals surface area contributed by atoms with Gasteiger partial charge in [-0.3, -0.25) is 9.59 Å². The minimum absolute atomic E-state index is 0.0136. The van der Waals surface area contributed by atoms with Gasteiger partial charge in [-0.05, 0) is 43.9 Å². The van der Waals surface area contributed by atoms with Crippen molar-refractivity contribution < 1.29 is 27.5 Å². The predicted octanol–water partition coefficient (Wildman–Crippen LogP) is 4.75. The summed E-state index contributed by atoms with van der Waals surface area (Å²) in [5, 5.41) is 3.14. The lowest BCUT2D eigenvalue weighted by Gasteiger charge is -2.29. The summed E-state index contributed by atoms with van der Waals surface area (Å²) in [5.74, 6) is -0.0894. The van der Waals surface area contributed by atoms with Gasteiger partial charge >= 0.3 is 6.18 Å². The number of carbonyl (C=O) groups excluding carboxylic acids is 2. The van der Waals surface area contributed by atoms with Crippen molar-refractivity contribution in [3.05, 3.63) is 18.2 Å². The molecule has 1 atom stereocenters. The zero-order valence-corrected chi connectivity index (χ0v) is 17.7. The Morgan fingerprint density at radius 3 is 2.68 bits per heavy atom. The molecule has 4 rings (SSSR count).